The zero-order valence-corrected chi connectivity index (χ0v) is 9.19. The third-order valence-corrected chi connectivity index (χ3v) is 2.75. The van der Waals surface area contributed by atoms with Crippen LogP contribution in [0.4, 0.5) is 0 Å². The van der Waals surface area contributed by atoms with Crippen molar-refractivity contribution in [2.45, 2.75) is 26.1 Å². The van der Waals surface area contributed by atoms with Gasteiger partial charge in [0.2, 0.25) is 0 Å². The predicted molar refractivity (Wildman–Crippen MR) is 59.6 cm³/mol. The van der Waals surface area contributed by atoms with Gasteiger partial charge in [-0.1, -0.05) is 30.3 Å². The smallest absolute Gasteiger partial charge is 0.0717 e. The van der Waals surface area contributed by atoms with Gasteiger partial charge in [0.25, 0.3) is 0 Å². The largest absolute Gasteiger partial charge is 0.378 e. The second-order valence-corrected chi connectivity index (χ2v) is 4.25. The number of hydrogen-bond acceptors (Lipinski definition) is 2. The summed E-state index contributed by atoms with van der Waals surface area (Å²) in [7, 11) is 0. The molecule has 1 aromatic carbocycles. The summed E-state index contributed by atoms with van der Waals surface area (Å²) in [5, 5.41) is 0. The second-order valence-electron chi connectivity index (χ2n) is 4.25. The van der Waals surface area contributed by atoms with Crippen LogP contribution in [-0.4, -0.2) is 19.3 Å². The van der Waals surface area contributed by atoms with Gasteiger partial charge < -0.3 is 9.47 Å². The van der Waals surface area contributed by atoms with E-state index >= 15 is 0 Å². The van der Waals surface area contributed by atoms with Crippen LogP contribution in [0, 0.1) is 5.92 Å². The minimum Gasteiger partial charge on any atom is -0.378 e. The molecule has 15 heavy (non-hydrogen) atoms. The van der Waals surface area contributed by atoms with E-state index in [0.29, 0.717) is 18.6 Å². The Morgan fingerprint density at radius 2 is 2.13 bits per heavy atom. The first-order valence-corrected chi connectivity index (χ1v) is 5.58. The van der Waals surface area contributed by atoms with Gasteiger partial charge in [0.1, 0.15) is 0 Å². The monoisotopic (exact) mass is 206 g/mol. The average molecular weight is 206 g/mol. The van der Waals surface area contributed by atoms with Crippen molar-refractivity contribution < 1.29 is 9.47 Å². The van der Waals surface area contributed by atoms with Crippen molar-refractivity contribution in [3.63, 3.8) is 0 Å². The fourth-order valence-electron chi connectivity index (χ4n) is 1.94. The molecule has 2 heteroatoms. The summed E-state index contributed by atoms with van der Waals surface area (Å²) >= 11 is 0. The minimum absolute atomic E-state index is 0.412. The van der Waals surface area contributed by atoms with Gasteiger partial charge in [-0.25, -0.2) is 0 Å². The number of rotatable bonds is 4. The summed E-state index contributed by atoms with van der Waals surface area (Å²) in [5.41, 5.74) is 1.24. The van der Waals surface area contributed by atoms with Gasteiger partial charge in [-0.2, -0.15) is 0 Å². The molecule has 82 valence electrons. The standard InChI is InChI=1S/C13H18O2/c1-11-7-13(10-15-11)9-14-8-12-5-3-2-4-6-12/h2-6,11,13H,7-10H2,1H3. The van der Waals surface area contributed by atoms with E-state index in [2.05, 4.69) is 19.1 Å². The van der Waals surface area contributed by atoms with Crippen molar-refractivity contribution >= 4 is 0 Å². The summed E-state index contributed by atoms with van der Waals surface area (Å²) in [4.78, 5) is 0. The Bertz CT molecular complexity index is 284. The van der Waals surface area contributed by atoms with Crippen LogP contribution in [-0.2, 0) is 16.1 Å². The molecule has 1 fully saturated rings. The normalized spacial score (nSPS) is 25.7. The van der Waals surface area contributed by atoms with E-state index in [-0.39, 0.29) is 0 Å². The minimum atomic E-state index is 0.412. The molecule has 0 radical (unpaired) electrons. The predicted octanol–water partition coefficient (Wildman–Crippen LogP) is 2.63. The highest BCUT2D eigenvalue weighted by atomic mass is 16.5. The summed E-state index contributed by atoms with van der Waals surface area (Å²) in [6.07, 6.45) is 1.55. The zero-order valence-electron chi connectivity index (χ0n) is 9.19. The van der Waals surface area contributed by atoms with Crippen molar-refractivity contribution in [1.29, 1.82) is 0 Å². The molecule has 0 aromatic heterocycles. The highest BCUT2D eigenvalue weighted by Gasteiger charge is 2.21. The molecule has 0 spiro atoms. The molecule has 2 atom stereocenters. The summed E-state index contributed by atoms with van der Waals surface area (Å²) in [5.74, 6) is 0.587. The Morgan fingerprint density at radius 1 is 1.33 bits per heavy atom. The van der Waals surface area contributed by atoms with Crippen LogP contribution < -0.4 is 0 Å². The molecule has 1 heterocycles. The lowest BCUT2D eigenvalue weighted by Crippen LogP contribution is -2.09. The summed E-state index contributed by atoms with van der Waals surface area (Å²) in [6.45, 7) is 4.51. The maximum absolute atomic E-state index is 5.67. The third kappa shape index (κ3) is 3.33. The van der Waals surface area contributed by atoms with E-state index in [4.69, 9.17) is 9.47 Å². The first-order valence-electron chi connectivity index (χ1n) is 5.58. The van der Waals surface area contributed by atoms with Gasteiger partial charge in [0.05, 0.1) is 25.9 Å². The SMILES string of the molecule is CC1CC(COCc2ccccc2)CO1. The first kappa shape index (κ1) is 10.7. The van der Waals surface area contributed by atoms with Crippen LogP contribution in [0.3, 0.4) is 0 Å². The van der Waals surface area contributed by atoms with Crippen LogP contribution in [0.15, 0.2) is 30.3 Å². The van der Waals surface area contributed by atoms with Gasteiger partial charge in [-0.05, 0) is 18.9 Å². The molecule has 0 aliphatic carbocycles. The molecule has 0 bridgehead atoms. The molecule has 0 N–H and O–H groups in total. The van der Waals surface area contributed by atoms with Crippen LogP contribution in [0.2, 0.25) is 0 Å². The Morgan fingerprint density at radius 3 is 2.80 bits per heavy atom. The second kappa shape index (κ2) is 5.29. The Balaban J connectivity index is 1.67. The van der Waals surface area contributed by atoms with Crippen molar-refractivity contribution in [2.75, 3.05) is 13.2 Å². The van der Waals surface area contributed by atoms with E-state index in [1.165, 1.54) is 5.56 Å². The summed E-state index contributed by atoms with van der Waals surface area (Å²) in [6, 6.07) is 10.3. The molecular weight excluding hydrogens is 188 g/mol. The lowest BCUT2D eigenvalue weighted by molar-refractivity contribution is 0.0734. The molecule has 0 amide bonds. The molecular formula is C13H18O2. The van der Waals surface area contributed by atoms with Crippen molar-refractivity contribution in [1.82, 2.24) is 0 Å². The highest BCUT2D eigenvalue weighted by molar-refractivity contribution is 5.13. The zero-order chi connectivity index (χ0) is 10.5. The molecule has 0 saturated carbocycles. The molecule has 2 unspecified atom stereocenters. The Labute approximate surface area is 91.2 Å². The number of benzene rings is 1. The lowest BCUT2D eigenvalue weighted by Gasteiger charge is -2.08. The fourth-order valence-corrected chi connectivity index (χ4v) is 1.94. The van der Waals surface area contributed by atoms with E-state index in [0.717, 1.165) is 19.6 Å². The van der Waals surface area contributed by atoms with Crippen molar-refractivity contribution in [3.05, 3.63) is 35.9 Å². The number of ether oxygens (including phenoxy) is 2. The fraction of sp³-hybridized carbons (Fsp3) is 0.538. The summed E-state index contributed by atoms with van der Waals surface area (Å²) < 4.78 is 11.2. The third-order valence-electron chi connectivity index (χ3n) is 2.75. The van der Waals surface area contributed by atoms with E-state index in [1.807, 2.05) is 18.2 Å². The van der Waals surface area contributed by atoms with Crippen LogP contribution in [0.1, 0.15) is 18.9 Å². The number of hydrogen-bond donors (Lipinski definition) is 0. The molecule has 1 aliphatic heterocycles. The van der Waals surface area contributed by atoms with Gasteiger partial charge in [0, 0.05) is 5.92 Å². The average Bonchev–Trinajstić information content (AvgIpc) is 2.66. The topological polar surface area (TPSA) is 18.5 Å². The van der Waals surface area contributed by atoms with Crippen molar-refractivity contribution in [3.8, 4) is 0 Å². The molecule has 1 aliphatic rings. The van der Waals surface area contributed by atoms with Crippen LogP contribution in [0.25, 0.3) is 0 Å². The van der Waals surface area contributed by atoms with Gasteiger partial charge in [-0.3, -0.25) is 0 Å². The van der Waals surface area contributed by atoms with Crippen molar-refractivity contribution in [2.24, 2.45) is 5.92 Å². The lowest BCUT2D eigenvalue weighted by atomic mass is 10.1. The Kier molecular flexibility index (Phi) is 3.75. The molecule has 1 saturated heterocycles. The maximum Gasteiger partial charge on any atom is 0.0717 e. The van der Waals surface area contributed by atoms with Gasteiger partial charge in [-0.15, -0.1) is 0 Å². The van der Waals surface area contributed by atoms with E-state index < -0.39 is 0 Å². The molecule has 1 aromatic rings. The van der Waals surface area contributed by atoms with Crippen LogP contribution in [0.5, 0.6) is 0 Å². The first-order chi connectivity index (χ1) is 7.34. The van der Waals surface area contributed by atoms with E-state index in [9.17, 15) is 0 Å². The van der Waals surface area contributed by atoms with Gasteiger partial charge >= 0.3 is 0 Å². The maximum atomic E-state index is 5.67. The molecule has 2 nitrogen and oxygen atoms in total. The molecule has 2 rings (SSSR count). The van der Waals surface area contributed by atoms with Crippen LogP contribution >= 0.6 is 0 Å². The van der Waals surface area contributed by atoms with Gasteiger partial charge in [0.15, 0.2) is 0 Å². The highest BCUT2D eigenvalue weighted by Crippen LogP contribution is 2.19. The van der Waals surface area contributed by atoms with E-state index in [1.54, 1.807) is 0 Å². The quantitative estimate of drug-likeness (QED) is 0.754. The Hall–Kier alpha value is -0.860.